The number of aliphatic hydroxyl groups is 2. The number of methoxy groups -OCH3 is 3. The molecule has 0 radical (unpaired) electrons. The molecule has 0 aromatic carbocycles. The second-order valence-electron chi connectivity index (χ2n) is 3.19. The van der Waals surface area contributed by atoms with Gasteiger partial charge in [0.25, 0.3) is 0 Å². The van der Waals surface area contributed by atoms with Crippen molar-refractivity contribution in [3.05, 3.63) is 0 Å². The predicted octanol–water partition coefficient (Wildman–Crippen LogP) is -1.26. The molecule has 1 saturated heterocycles. The average molecular weight is 225 g/mol. The van der Waals surface area contributed by atoms with Crippen molar-refractivity contribution in [1.82, 2.24) is 0 Å². The number of hydrogen-bond donors (Lipinski definition) is 2. The van der Waals surface area contributed by atoms with E-state index in [0.717, 1.165) is 0 Å². The highest BCUT2D eigenvalue weighted by atomic mass is 16.7. The minimum atomic E-state index is -1.43. The molecule has 6 heteroatoms. The fourth-order valence-electron chi connectivity index (χ4n) is 1.52. The molecular weight excluding hydrogens is 204 g/mol. The minimum Gasteiger partial charge on any atom is -0.385 e. The van der Waals surface area contributed by atoms with E-state index in [1.165, 1.54) is 0 Å². The summed E-state index contributed by atoms with van der Waals surface area (Å²) in [5.74, 6) is 0. The molecule has 1 aliphatic heterocycles. The lowest BCUT2D eigenvalue weighted by Gasteiger charge is -2.25. The summed E-state index contributed by atoms with van der Waals surface area (Å²) in [6.07, 6.45) is -5.25. The van der Waals surface area contributed by atoms with E-state index >= 15 is 0 Å². The zero-order valence-corrected chi connectivity index (χ0v) is 8.24. The summed E-state index contributed by atoms with van der Waals surface area (Å²) >= 11 is 0. The van der Waals surface area contributed by atoms with Crippen LogP contribution in [0.2, 0.25) is 0 Å². The molecule has 0 amide bonds. The largest absolute Gasteiger partial charge is 0.385 e. The summed E-state index contributed by atoms with van der Waals surface area (Å²) < 4.78 is 40.9. The van der Waals surface area contributed by atoms with Crippen LogP contribution in [0.1, 0.15) is 4.11 Å². The van der Waals surface area contributed by atoms with Gasteiger partial charge in [-0.25, -0.2) is 0 Å². The van der Waals surface area contributed by atoms with E-state index in [1.54, 1.807) is 0 Å². The Labute approximate surface area is 92.9 Å². The Hall–Kier alpha value is -0.240. The van der Waals surface area contributed by atoms with Crippen LogP contribution in [-0.2, 0) is 18.9 Å². The number of rotatable bonds is 5. The van der Waals surface area contributed by atoms with Crippen LogP contribution in [0.3, 0.4) is 0 Å². The molecule has 0 aromatic heterocycles. The first-order valence-electron chi connectivity index (χ1n) is 6.48. The quantitative estimate of drug-likeness (QED) is 0.608. The third-order valence-corrected chi connectivity index (χ3v) is 2.30. The van der Waals surface area contributed by atoms with Crippen LogP contribution < -0.4 is 0 Å². The lowest BCUT2D eigenvalue weighted by Crippen LogP contribution is -2.43. The molecular formula is C9H18O6. The second kappa shape index (κ2) is 5.74. The van der Waals surface area contributed by atoms with Crippen LogP contribution >= 0.6 is 0 Å². The van der Waals surface area contributed by atoms with Crippen molar-refractivity contribution in [3.8, 4) is 0 Å². The van der Waals surface area contributed by atoms with Crippen LogP contribution in [0.4, 0.5) is 0 Å². The molecule has 1 aliphatic rings. The second-order valence-corrected chi connectivity index (χ2v) is 3.19. The van der Waals surface area contributed by atoms with E-state index in [-0.39, 0.29) is 20.8 Å². The van der Waals surface area contributed by atoms with Gasteiger partial charge in [-0.2, -0.15) is 0 Å². The molecule has 0 aromatic rings. The fourth-order valence-corrected chi connectivity index (χ4v) is 1.52. The van der Waals surface area contributed by atoms with Gasteiger partial charge >= 0.3 is 0 Å². The van der Waals surface area contributed by atoms with Crippen LogP contribution in [0, 0.1) is 0 Å². The van der Waals surface area contributed by atoms with E-state index in [2.05, 4.69) is 0 Å². The highest BCUT2D eigenvalue weighted by Gasteiger charge is 2.47. The van der Waals surface area contributed by atoms with Gasteiger partial charge in [-0.3, -0.25) is 0 Å². The number of hydrogen-bond acceptors (Lipinski definition) is 6. The maximum absolute atomic E-state index is 9.64. The van der Waals surface area contributed by atoms with Crippen LogP contribution in [0.25, 0.3) is 0 Å². The average Bonchev–Trinajstić information content (AvgIpc) is 2.63. The Bertz CT molecular complexity index is 234. The smallest absolute Gasteiger partial charge is 0.184 e. The Balaban J connectivity index is 2.67. The van der Waals surface area contributed by atoms with E-state index in [1.807, 2.05) is 0 Å². The topological polar surface area (TPSA) is 77.4 Å². The molecule has 1 fully saturated rings. The standard InChI is InChI=1S/C9H18O6/c1-12-4-5(13-2)7-8(14-3)6(10)9(11)15-7/h5-11H,4H2,1-3H3/t5-,6-,7-,8-,9?/m1/s1/i1D,2D,3D. The maximum atomic E-state index is 9.64. The predicted molar refractivity (Wildman–Crippen MR) is 50.4 cm³/mol. The van der Waals surface area contributed by atoms with Crippen molar-refractivity contribution in [2.45, 2.75) is 30.7 Å². The lowest BCUT2D eigenvalue weighted by atomic mass is 10.1. The summed E-state index contributed by atoms with van der Waals surface area (Å²) in [5, 5.41) is 19.1. The van der Waals surface area contributed by atoms with Gasteiger partial charge in [-0.1, -0.05) is 0 Å². The number of ether oxygens (including phenoxy) is 4. The zero-order valence-electron chi connectivity index (χ0n) is 11.2. The van der Waals surface area contributed by atoms with Gasteiger partial charge in [-0.05, 0) is 0 Å². The van der Waals surface area contributed by atoms with Gasteiger partial charge in [0.2, 0.25) is 0 Å². The summed E-state index contributed by atoms with van der Waals surface area (Å²) in [6, 6.07) is 0. The zero-order chi connectivity index (χ0) is 13.5. The van der Waals surface area contributed by atoms with Crippen molar-refractivity contribution < 1.29 is 33.3 Å². The van der Waals surface area contributed by atoms with Crippen molar-refractivity contribution in [2.24, 2.45) is 0 Å². The van der Waals surface area contributed by atoms with Crippen molar-refractivity contribution in [2.75, 3.05) is 27.9 Å². The van der Waals surface area contributed by atoms with E-state index < -0.39 is 37.8 Å². The normalized spacial score (nSPS) is 40.8. The molecule has 1 rings (SSSR count). The highest BCUT2D eigenvalue weighted by molar-refractivity contribution is 4.91. The lowest BCUT2D eigenvalue weighted by molar-refractivity contribution is -0.157. The summed E-state index contributed by atoms with van der Waals surface area (Å²) in [7, 11) is -1.04. The molecule has 0 aliphatic carbocycles. The first kappa shape index (κ1) is 8.86. The van der Waals surface area contributed by atoms with Crippen LogP contribution in [-0.4, -0.2) is 68.8 Å². The Morgan fingerprint density at radius 3 is 2.93 bits per heavy atom. The molecule has 1 heterocycles. The minimum absolute atomic E-state index is 0.0235. The number of aliphatic hydroxyl groups excluding tert-OH is 2. The highest BCUT2D eigenvalue weighted by Crippen LogP contribution is 2.25. The van der Waals surface area contributed by atoms with E-state index in [9.17, 15) is 10.2 Å². The summed E-state index contributed by atoms with van der Waals surface area (Å²) in [5.41, 5.74) is 0. The first-order chi connectivity index (χ1) is 8.65. The third-order valence-electron chi connectivity index (χ3n) is 2.30. The molecule has 90 valence electrons. The fraction of sp³-hybridized carbons (Fsp3) is 1.00. The van der Waals surface area contributed by atoms with Gasteiger partial charge in [0.15, 0.2) is 6.29 Å². The van der Waals surface area contributed by atoms with Crippen molar-refractivity contribution >= 4 is 0 Å². The van der Waals surface area contributed by atoms with Gasteiger partial charge in [0.05, 0.1) is 10.7 Å². The molecule has 15 heavy (non-hydrogen) atoms. The Morgan fingerprint density at radius 1 is 1.40 bits per heavy atom. The van der Waals surface area contributed by atoms with Crippen molar-refractivity contribution in [1.29, 1.82) is 0 Å². The molecule has 1 unspecified atom stereocenters. The Kier molecular flexibility index (Phi) is 3.39. The van der Waals surface area contributed by atoms with Gasteiger partial charge in [-0.15, -0.1) is 0 Å². The molecule has 0 spiro atoms. The van der Waals surface area contributed by atoms with E-state index in [0.29, 0.717) is 0 Å². The van der Waals surface area contributed by atoms with Crippen molar-refractivity contribution in [3.63, 3.8) is 0 Å². The maximum Gasteiger partial charge on any atom is 0.184 e. The van der Waals surface area contributed by atoms with E-state index in [4.69, 9.17) is 23.1 Å². The monoisotopic (exact) mass is 225 g/mol. The first-order valence-corrected chi connectivity index (χ1v) is 4.36. The SMILES string of the molecule is [2H]COC[C@@H](OC[2H])[C@H]1OC(O)[C@H](O)[C@H]1OC[2H]. The molecule has 5 atom stereocenters. The van der Waals surface area contributed by atoms with Gasteiger partial charge in [0, 0.05) is 21.3 Å². The molecule has 0 bridgehead atoms. The summed E-state index contributed by atoms with van der Waals surface area (Å²) in [6.45, 7) is -0.0235. The van der Waals surface area contributed by atoms with Crippen LogP contribution in [0.5, 0.6) is 0 Å². The third kappa shape index (κ3) is 2.66. The molecule has 0 saturated carbocycles. The molecule has 6 nitrogen and oxygen atoms in total. The van der Waals surface area contributed by atoms with Crippen LogP contribution in [0.15, 0.2) is 0 Å². The molecule has 2 N–H and O–H groups in total. The van der Waals surface area contributed by atoms with Gasteiger partial charge < -0.3 is 29.2 Å². The van der Waals surface area contributed by atoms with Gasteiger partial charge in [0.1, 0.15) is 24.4 Å². The summed E-state index contributed by atoms with van der Waals surface area (Å²) in [4.78, 5) is 0. The Morgan fingerprint density at radius 2 is 2.27 bits per heavy atom.